The quantitative estimate of drug-likeness (QED) is 0.447. The average Bonchev–Trinajstić information content (AvgIpc) is 3.18. The first-order chi connectivity index (χ1) is 12.0. The van der Waals surface area contributed by atoms with Gasteiger partial charge in [-0.2, -0.15) is 0 Å². The van der Waals surface area contributed by atoms with E-state index < -0.39 is 17.3 Å². The van der Waals surface area contributed by atoms with Gasteiger partial charge in [-0.15, -0.1) is 0 Å². The lowest BCUT2D eigenvalue weighted by Crippen LogP contribution is -2.32. The van der Waals surface area contributed by atoms with Crippen LogP contribution in [0.3, 0.4) is 0 Å². The molecule has 2 rings (SSSR count). The molecule has 0 amide bonds. The molecular formula is C22H34O4. The molecule has 1 N–H and O–H groups in total. The van der Waals surface area contributed by atoms with Crippen molar-refractivity contribution in [3.05, 3.63) is 35.5 Å². The van der Waals surface area contributed by atoms with Crippen LogP contribution in [0.4, 0.5) is 0 Å². The van der Waals surface area contributed by atoms with Crippen LogP contribution >= 0.6 is 0 Å². The minimum absolute atomic E-state index is 0.0925. The van der Waals surface area contributed by atoms with E-state index in [1.807, 2.05) is 32.1 Å². The third-order valence-electron chi connectivity index (χ3n) is 5.43. The van der Waals surface area contributed by atoms with Gasteiger partial charge in [0, 0.05) is 6.92 Å². The molecule has 2 aliphatic rings. The number of fused-ring (bicyclic) bond motifs is 1. The van der Waals surface area contributed by atoms with Crippen LogP contribution in [0.25, 0.3) is 0 Å². The second kappa shape index (κ2) is 8.10. The van der Waals surface area contributed by atoms with Crippen molar-refractivity contribution >= 4 is 5.97 Å². The summed E-state index contributed by atoms with van der Waals surface area (Å²) in [6.45, 7) is 11.6. The number of hydrogen-bond donors (Lipinski definition) is 1. The van der Waals surface area contributed by atoms with Crippen LogP contribution in [0, 0.1) is 5.92 Å². The summed E-state index contributed by atoms with van der Waals surface area (Å²) in [6, 6.07) is 0. The van der Waals surface area contributed by atoms with E-state index in [1.54, 1.807) is 0 Å². The van der Waals surface area contributed by atoms with Gasteiger partial charge >= 0.3 is 5.97 Å². The Hall–Kier alpha value is -1.39. The molecule has 1 fully saturated rings. The number of epoxide rings is 1. The van der Waals surface area contributed by atoms with E-state index in [9.17, 15) is 9.90 Å². The second-order valence-electron chi connectivity index (χ2n) is 8.46. The van der Waals surface area contributed by atoms with E-state index in [0.29, 0.717) is 6.42 Å². The van der Waals surface area contributed by atoms with Gasteiger partial charge in [0.15, 0.2) is 6.10 Å². The van der Waals surface area contributed by atoms with Crippen molar-refractivity contribution in [2.45, 2.75) is 90.6 Å². The summed E-state index contributed by atoms with van der Waals surface area (Å²) in [5.41, 5.74) is 0.999. The van der Waals surface area contributed by atoms with Crippen LogP contribution in [-0.4, -0.2) is 34.5 Å². The first-order valence-corrected chi connectivity index (χ1v) is 9.67. The molecule has 1 heterocycles. The summed E-state index contributed by atoms with van der Waals surface area (Å²) in [4.78, 5) is 11.7. The number of carbonyl (C=O) groups excluding carboxylic acids is 1. The Morgan fingerprint density at radius 1 is 1.38 bits per heavy atom. The number of rotatable bonds is 2. The maximum absolute atomic E-state index is 11.7. The predicted octanol–water partition coefficient (Wildman–Crippen LogP) is 4.49. The molecule has 4 nitrogen and oxygen atoms in total. The van der Waals surface area contributed by atoms with E-state index in [0.717, 1.165) is 24.8 Å². The van der Waals surface area contributed by atoms with Crippen LogP contribution in [-0.2, 0) is 14.3 Å². The molecule has 0 radical (unpaired) electrons. The van der Waals surface area contributed by atoms with Gasteiger partial charge in [-0.1, -0.05) is 37.6 Å². The minimum Gasteiger partial charge on any atom is -0.455 e. The summed E-state index contributed by atoms with van der Waals surface area (Å²) < 4.78 is 11.6. The third kappa shape index (κ3) is 5.55. The van der Waals surface area contributed by atoms with Gasteiger partial charge in [-0.3, -0.25) is 4.79 Å². The van der Waals surface area contributed by atoms with Crippen LogP contribution < -0.4 is 0 Å². The fourth-order valence-electron chi connectivity index (χ4n) is 3.41. The average molecular weight is 363 g/mol. The largest absolute Gasteiger partial charge is 0.455 e. The highest BCUT2D eigenvalue weighted by molar-refractivity contribution is 5.66. The maximum Gasteiger partial charge on any atom is 0.303 e. The molecular weight excluding hydrogens is 328 g/mol. The van der Waals surface area contributed by atoms with Gasteiger partial charge in [0.25, 0.3) is 0 Å². The molecule has 4 heteroatoms. The number of hydrogen-bond acceptors (Lipinski definition) is 4. The Balaban J connectivity index is 2.38. The predicted molar refractivity (Wildman–Crippen MR) is 104 cm³/mol. The van der Waals surface area contributed by atoms with Gasteiger partial charge in [-0.25, -0.2) is 0 Å². The van der Waals surface area contributed by atoms with Crippen LogP contribution in [0.1, 0.15) is 67.2 Å². The smallest absolute Gasteiger partial charge is 0.303 e. The van der Waals surface area contributed by atoms with E-state index in [-0.39, 0.29) is 18.0 Å². The van der Waals surface area contributed by atoms with Crippen molar-refractivity contribution in [1.82, 2.24) is 0 Å². The highest BCUT2D eigenvalue weighted by Crippen LogP contribution is 2.45. The zero-order valence-electron chi connectivity index (χ0n) is 17.0. The molecule has 26 heavy (non-hydrogen) atoms. The van der Waals surface area contributed by atoms with Crippen LogP contribution in [0.15, 0.2) is 35.5 Å². The Kier molecular flexibility index (Phi) is 6.51. The summed E-state index contributed by atoms with van der Waals surface area (Å²) in [6.07, 6.45) is 11.1. The van der Waals surface area contributed by atoms with Crippen molar-refractivity contribution in [3.8, 4) is 0 Å². The molecule has 146 valence electrons. The molecule has 0 spiro atoms. The molecule has 0 unspecified atom stereocenters. The van der Waals surface area contributed by atoms with Gasteiger partial charge in [0.05, 0.1) is 11.7 Å². The van der Waals surface area contributed by atoms with Gasteiger partial charge < -0.3 is 14.6 Å². The molecule has 1 saturated heterocycles. The number of carbonyl (C=O) groups is 1. The first kappa shape index (κ1) is 20.9. The number of allylic oxidation sites excluding steroid dienone is 4. The highest BCUT2D eigenvalue weighted by atomic mass is 16.6. The van der Waals surface area contributed by atoms with Crippen LogP contribution in [0.5, 0.6) is 0 Å². The van der Waals surface area contributed by atoms with E-state index >= 15 is 0 Å². The number of aliphatic hydroxyl groups is 1. The van der Waals surface area contributed by atoms with E-state index in [4.69, 9.17) is 9.47 Å². The summed E-state index contributed by atoms with van der Waals surface area (Å²) >= 11 is 0. The fraction of sp³-hybridized carbons (Fsp3) is 0.682. The topological polar surface area (TPSA) is 59.1 Å². The van der Waals surface area contributed by atoms with Gasteiger partial charge in [0.1, 0.15) is 5.60 Å². The number of esters is 1. The summed E-state index contributed by atoms with van der Waals surface area (Å²) in [7, 11) is 0. The van der Waals surface area contributed by atoms with Crippen molar-refractivity contribution < 1.29 is 19.4 Å². The Morgan fingerprint density at radius 2 is 2.08 bits per heavy atom. The van der Waals surface area contributed by atoms with E-state index in [1.165, 1.54) is 12.5 Å². The molecule has 0 aromatic rings. The maximum atomic E-state index is 11.7. The first-order valence-electron chi connectivity index (χ1n) is 9.67. The van der Waals surface area contributed by atoms with Gasteiger partial charge in [0.2, 0.25) is 0 Å². The lowest BCUT2D eigenvalue weighted by molar-refractivity contribution is -0.146. The molecule has 1 aliphatic heterocycles. The van der Waals surface area contributed by atoms with E-state index in [2.05, 4.69) is 26.8 Å². The normalized spacial score (nSPS) is 41.1. The van der Waals surface area contributed by atoms with Crippen LogP contribution in [0.2, 0.25) is 0 Å². The lowest BCUT2D eigenvalue weighted by atomic mass is 9.90. The molecule has 0 aromatic carbocycles. The van der Waals surface area contributed by atoms with Crippen molar-refractivity contribution in [3.63, 3.8) is 0 Å². The fourth-order valence-corrected chi connectivity index (χ4v) is 3.41. The second-order valence-corrected chi connectivity index (χ2v) is 8.46. The molecule has 0 aromatic heterocycles. The molecule has 0 bridgehead atoms. The minimum atomic E-state index is -0.867. The van der Waals surface area contributed by atoms with Crippen molar-refractivity contribution in [2.75, 3.05) is 0 Å². The zero-order chi connectivity index (χ0) is 19.5. The highest BCUT2D eigenvalue weighted by Gasteiger charge is 2.58. The van der Waals surface area contributed by atoms with Gasteiger partial charge in [-0.05, 0) is 64.0 Å². The lowest BCUT2D eigenvalue weighted by Gasteiger charge is -2.22. The SMILES string of the molecule is CC(=O)O[C@H]1/C=C(C(C)C)\C=C\[C@@](C)(O)CC/C=C(\C)CC[C@@H]2O[C@@]12C. The summed E-state index contributed by atoms with van der Waals surface area (Å²) in [5.74, 6) is -0.0612. The molecule has 4 atom stereocenters. The van der Waals surface area contributed by atoms with Crippen molar-refractivity contribution in [1.29, 1.82) is 0 Å². The number of ether oxygens (including phenoxy) is 2. The Bertz CT molecular complexity index is 612. The monoisotopic (exact) mass is 362 g/mol. The van der Waals surface area contributed by atoms with Crippen molar-refractivity contribution in [2.24, 2.45) is 5.92 Å². The molecule has 0 saturated carbocycles. The Morgan fingerprint density at radius 3 is 2.69 bits per heavy atom. The standard InChI is InChI=1S/C22H34O4/c1-15(2)18-11-13-21(5,24)12-7-8-16(3)9-10-19-22(6,26-19)20(14-18)25-17(4)23/h8,11,13-15,19-20,24H,7,9-10,12H2,1-6H3/b13-11+,16-8+,18-14+/t19-,20-,21-,22+/m0/s1. The third-order valence-corrected chi connectivity index (χ3v) is 5.43. The zero-order valence-corrected chi connectivity index (χ0v) is 17.0. The molecule has 1 aliphatic carbocycles. The summed E-state index contributed by atoms with van der Waals surface area (Å²) in [5, 5.41) is 10.6. The Labute approximate surface area is 158 Å².